The fourth-order valence-electron chi connectivity index (χ4n) is 12.4. The van der Waals surface area contributed by atoms with Gasteiger partial charge in [-0.1, -0.05) is 124 Å². The molecule has 4 heteroatoms. The first-order chi connectivity index (χ1) is 35.5. The quantitative estimate of drug-likeness (QED) is 0.173. The zero-order valence-electron chi connectivity index (χ0n) is 42.8. The van der Waals surface area contributed by atoms with Crippen LogP contribution in [0.15, 0.2) is 194 Å². The van der Waals surface area contributed by atoms with Crippen molar-refractivity contribution in [3.05, 3.63) is 250 Å². The Labute approximate surface area is 427 Å². The van der Waals surface area contributed by atoms with Crippen LogP contribution in [-0.4, -0.2) is 13.7 Å². The van der Waals surface area contributed by atoms with E-state index in [1.165, 1.54) is 115 Å². The number of allylic oxidation sites excluding steroid dienone is 9. The molecule has 0 radical (unpaired) electrons. The highest BCUT2D eigenvalue weighted by Crippen LogP contribution is 2.48. The van der Waals surface area contributed by atoms with Gasteiger partial charge in [-0.2, -0.15) is 0 Å². The van der Waals surface area contributed by atoms with Crippen molar-refractivity contribution in [2.24, 2.45) is 0 Å². The van der Waals surface area contributed by atoms with Crippen LogP contribution in [0.4, 0.5) is 0 Å². The first-order valence-corrected chi connectivity index (χ1v) is 25.9. The predicted molar refractivity (Wildman–Crippen MR) is 310 cm³/mol. The van der Waals surface area contributed by atoms with Crippen LogP contribution < -0.4 is 4.74 Å². The van der Waals surface area contributed by atoms with Crippen LogP contribution in [0.5, 0.6) is 5.75 Å². The van der Waals surface area contributed by atoms with Gasteiger partial charge in [-0.05, 0) is 176 Å². The van der Waals surface area contributed by atoms with Crippen molar-refractivity contribution in [1.29, 1.82) is 0 Å². The SMILES string of the molecule is Cc1ccc2c(c1)C/C=C/C(n1c3ccc(C)cc3c3cc(C)ccc31)=C\C=C\C21CC/C=C(n2c3ccc(C)cc3c3cc(C)ccc32)\C=C/Oc2cc(-n3c4ccc(C)cc4c4cc(C)ccc43)ccc21. The largest absolute Gasteiger partial charge is 0.465 e. The summed E-state index contributed by atoms with van der Waals surface area (Å²) in [7, 11) is 0. The summed E-state index contributed by atoms with van der Waals surface area (Å²) in [5, 5.41) is 7.59. The Hall–Kier alpha value is -8.34. The number of hydrogen-bond donors (Lipinski definition) is 0. The maximum atomic E-state index is 7.23. The Morgan fingerprint density at radius 1 is 0.425 bits per heavy atom. The van der Waals surface area contributed by atoms with Crippen LogP contribution in [-0.2, 0) is 11.8 Å². The molecule has 1 unspecified atom stereocenters. The van der Waals surface area contributed by atoms with Gasteiger partial charge in [0.15, 0.2) is 0 Å². The maximum Gasteiger partial charge on any atom is 0.133 e. The lowest BCUT2D eigenvalue weighted by atomic mass is 9.68. The van der Waals surface area contributed by atoms with E-state index >= 15 is 0 Å². The number of benzene rings is 8. The highest BCUT2D eigenvalue weighted by atomic mass is 16.5. The Morgan fingerprint density at radius 3 is 1.37 bits per heavy atom. The van der Waals surface area contributed by atoms with E-state index in [0.29, 0.717) is 0 Å². The lowest BCUT2D eigenvalue weighted by Crippen LogP contribution is -2.28. The van der Waals surface area contributed by atoms with E-state index in [1.807, 2.05) is 6.26 Å². The van der Waals surface area contributed by atoms with Gasteiger partial charge in [0.2, 0.25) is 0 Å². The molecule has 2 aliphatic rings. The lowest BCUT2D eigenvalue weighted by molar-refractivity contribution is 0.455. The zero-order valence-corrected chi connectivity index (χ0v) is 42.8. The summed E-state index contributed by atoms with van der Waals surface area (Å²) in [6.45, 7) is 15.3. The molecule has 11 aromatic rings. The number of aryl methyl sites for hydroxylation is 7. The monoisotopic (exact) mass is 945 g/mol. The van der Waals surface area contributed by atoms with Crippen molar-refractivity contribution < 1.29 is 4.74 Å². The molecule has 13 rings (SSSR count). The maximum absolute atomic E-state index is 7.23. The minimum atomic E-state index is -0.602. The van der Waals surface area contributed by atoms with Crippen LogP contribution in [0.1, 0.15) is 68.5 Å². The topological polar surface area (TPSA) is 24.0 Å². The van der Waals surface area contributed by atoms with Gasteiger partial charge in [0.05, 0.1) is 39.4 Å². The second kappa shape index (κ2) is 17.2. The van der Waals surface area contributed by atoms with E-state index in [4.69, 9.17) is 4.74 Å². The van der Waals surface area contributed by atoms with E-state index in [9.17, 15) is 0 Å². The summed E-state index contributed by atoms with van der Waals surface area (Å²) in [4.78, 5) is 0. The number of fused-ring (bicyclic) bond motifs is 13. The number of rotatable bonds is 3. The molecule has 0 saturated heterocycles. The Balaban J connectivity index is 1.06. The van der Waals surface area contributed by atoms with Crippen molar-refractivity contribution in [3.63, 3.8) is 0 Å². The molecular weight excluding hydrogens is 887 g/mol. The molecule has 4 nitrogen and oxygen atoms in total. The third-order valence-electron chi connectivity index (χ3n) is 15.8. The third-order valence-corrected chi connectivity index (χ3v) is 15.8. The predicted octanol–water partition coefficient (Wildman–Crippen LogP) is 17.9. The van der Waals surface area contributed by atoms with Crippen LogP contribution >= 0.6 is 0 Å². The molecule has 8 aromatic carbocycles. The number of ether oxygens (including phenoxy) is 1. The van der Waals surface area contributed by atoms with Gasteiger partial charge >= 0.3 is 0 Å². The minimum absolute atomic E-state index is 0.602. The average molecular weight is 946 g/mol. The van der Waals surface area contributed by atoms with Gasteiger partial charge in [0, 0.05) is 66.4 Å². The fraction of sp³-hybridized carbons (Fsp3) is 0.159. The van der Waals surface area contributed by atoms with E-state index in [1.54, 1.807) is 0 Å². The van der Waals surface area contributed by atoms with Crippen molar-refractivity contribution in [1.82, 2.24) is 13.7 Å². The molecule has 356 valence electrons. The van der Waals surface area contributed by atoms with E-state index in [-0.39, 0.29) is 0 Å². The fourth-order valence-corrected chi connectivity index (χ4v) is 12.4. The summed E-state index contributed by atoms with van der Waals surface area (Å²) in [6.07, 6.45) is 20.8. The van der Waals surface area contributed by atoms with Crippen molar-refractivity contribution in [2.75, 3.05) is 0 Å². The Kier molecular flexibility index (Phi) is 10.5. The molecule has 1 atom stereocenters. The normalized spacial score (nSPS) is 18.9. The molecule has 0 saturated carbocycles. The van der Waals surface area contributed by atoms with Crippen molar-refractivity contribution >= 4 is 76.8 Å². The van der Waals surface area contributed by atoms with Crippen LogP contribution in [0.25, 0.3) is 82.5 Å². The summed E-state index contributed by atoms with van der Waals surface area (Å²) < 4.78 is 14.5. The molecule has 0 bridgehead atoms. The van der Waals surface area contributed by atoms with Gasteiger partial charge in [0.1, 0.15) is 5.75 Å². The molecule has 0 amide bonds. The van der Waals surface area contributed by atoms with Gasteiger partial charge in [-0.25, -0.2) is 0 Å². The Bertz CT molecular complexity index is 4110. The highest BCUT2D eigenvalue weighted by Gasteiger charge is 2.37. The van der Waals surface area contributed by atoms with Crippen LogP contribution in [0.2, 0.25) is 0 Å². The number of nitrogens with zero attached hydrogens (tertiary/aromatic N) is 3. The number of hydrogen-bond acceptors (Lipinski definition) is 1. The molecule has 1 aliphatic carbocycles. The minimum Gasteiger partial charge on any atom is -0.465 e. The van der Waals surface area contributed by atoms with Crippen LogP contribution in [0.3, 0.4) is 0 Å². The van der Waals surface area contributed by atoms with Crippen molar-refractivity contribution in [2.45, 2.75) is 73.1 Å². The van der Waals surface area contributed by atoms with E-state index < -0.39 is 5.41 Å². The Morgan fingerprint density at radius 2 is 0.863 bits per heavy atom. The molecule has 4 heterocycles. The third kappa shape index (κ3) is 7.33. The molecule has 0 fully saturated rings. The van der Waals surface area contributed by atoms with Crippen LogP contribution in [0, 0.1) is 48.5 Å². The molecular formula is C69H59N3O. The smallest absolute Gasteiger partial charge is 0.133 e. The number of aromatic nitrogens is 3. The molecule has 1 spiro atoms. The van der Waals surface area contributed by atoms with E-state index in [2.05, 4.69) is 250 Å². The van der Waals surface area contributed by atoms with Crippen molar-refractivity contribution in [3.8, 4) is 11.4 Å². The molecule has 73 heavy (non-hydrogen) atoms. The van der Waals surface area contributed by atoms with Gasteiger partial charge in [-0.15, -0.1) is 0 Å². The first-order valence-electron chi connectivity index (χ1n) is 25.9. The summed E-state index contributed by atoms with van der Waals surface area (Å²) in [6, 6.07) is 55.2. The highest BCUT2D eigenvalue weighted by molar-refractivity contribution is 6.12. The molecule has 1 aliphatic heterocycles. The van der Waals surface area contributed by atoms with E-state index in [0.717, 1.165) is 47.7 Å². The summed E-state index contributed by atoms with van der Waals surface area (Å²) in [5.41, 5.74) is 22.3. The zero-order chi connectivity index (χ0) is 49.7. The lowest BCUT2D eigenvalue weighted by Gasteiger charge is -2.36. The second-order valence-electron chi connectivity index (χ2n) is 21.1. The van der Waals surface area contributed by atoms with Gasteiger partial charge in [-0.3, -0.25) is 0 Å². The standard InChI is InChI=1S/C69H59N3O/c1-43-15-23-60-50(35-43)11-8-12-51(70-62-25-16-44(2)36-54(62)55-37-45(3)17-26-63(55)70)13-9-32-69(60)33-10-14-52(71-64-27-18-46(4)38-56(64)57-39-47(5)19-28-65(57)71)31-34-73-68-42-53(22-24-61(68)69)72-66-29-20-48(6)40-58(66)59-41-49(7)21-30-67(59)72/h8-9,12-32,34-42H,10-11,33H2,1-7H3/b12-8+,32-9+,34-31-,51-13+,52-14+. The van der Waals surface area contributed by atoms with Gasteiger partial charge in [0.25, 0.3) is 0 Å². The summed E-state index contributed by atoms with van der Waals surface area (Å²) >= 11 is 0. The summed E-state index contributed by atoms with van der Waals surface area (Å²) in [5.74, 6) is 0.832. The first kappa shape index (κ1) is 44.6. The van der Waals surface area contributed by atoms with Gasteiger partial charge < -0.3 is 18.4 Å². The average Bonchev–Trinajstić information content (AvgIpc) is 3.98. The molecule has 0 N–H and O–H groups in total. The molecule has 3 aromatic heterocycles. The second-order valence-corrected chi connectivity index (χ2v) is 21.1.